The van der Waals surface area contributed by atoms with Gasteiger partial charge in [-0.15, -0.1) is 0 Å². The van der Waals surface area contributed by atoms with Crippen molar-refractivity contribution in [2.24, 2.45) is 0 Å². The molecule has 1 saturated heterocycles. The number of allylic oxidation sites excluding steroid dienone is 7. The van der Waals surface area contributed by atoms with Gasteiger partial charge in [0.25, 0.3) is 0 Å². The van der Waals surface area contributed by atoms with Crippen molar-refractivity contribution in [1.82, 2.24) is 5.32 Å². The van der Waals surface area contributed by atoms with Gasteiger partial charge in [-0.1, -0.05) is 242 Å². The predicted octanol–water partition coefficient (Wildman–Crippen LogP) is 14.8. The second-order valence-corrected chi connectivity index (χ2v) is 21.8. The molecule has 1 aliphatic rings. The van der Waals surface area contributed by atoms with Gasteiger partial charge in [-0.3, -0.25) is 9.59 Å². The number of hydrogen-bond donors (Lipinski definition) is 6. The summed E-state index contributed by atoms with van der Waals surface area (Å²) in [5.41, 5.74) is 0. The molecule has 1 heterocycles. The fraction of sp³-hybridized carbons (Fsp3) is 0.844. The standard InChI is InChI=1S/C64H117NO10/c1-3-5-7-9-11-13-14-28-32-36-40-44-48-52-60(69)73-53-49-45-41-37-33-30-27-25-23-21-19-17-15-16-18-20-22-24-26-29-31-35-39-43-47-51-59(68)65-56(57(67)50-46-42-38-34-12-10-8-6-4-2)55-74-64-63(72)62(71)61(70)58(54-66)75-64/h12,16-19,34,46,50,56-58,61-64,66-67,70-72H,3-11,13-15,20-33,35-45,47-49,51-55H2,1-2H3,(H,65,68)/b18-16-,19-17-,34-12+,50-46+. The van der Waals surface area contributed by atoms with E-state index in [0.29, 0.717) is 19.4 Å². The lowest BCUT2D eigenvalue weighted by atomic mass is 9.99. The number of ether oxygens (including phenoxy) is 3. The van der Waals surface area contributed by atoms with E-state index in [2.05, 4.69) is 55.6 Å². The number of rotatable bonds is 54. The molecule has 1 rings (SSSR count). The fourth-order valence-electron chi connectivity index (χ4n) is 9.66. The van der Waals surface area contributed by atoms with Crippen LogP contribution in [0.25, 0.3) is 0 Å². The number of nitrogens with one attached hydrogen (secondary N) is 1. The average molecular weight is 1060 g/mol. The van der Waals surface area contributed by atoms with Gasteiger partial charge in [0.05, 0.1) is 32.0 Å². The van der Waals surface area contributed by atoms with Gasteiger partial charge in [-0.25, -0.2) is 0 Å². The highest BCUT2D eigenvalue weighted by atomic mass is 16.7. The fourth-order valence-corrected chi connectivity index (χ4v) is 9.66. The van der Waals surface area contributed by atoms with Crippen molar-refractivity contribution < 1.29 is 49.3 Å². The third-order valence-corrected chi connectivity index (χ3v) is 14.7. The van der Waals surface area contributed by atoms with Crippen LogP contribution in [-0.4, -0.2) is 100 Å². The number of esters is 1. The van der Waals surface area contributed by atoms with Crippen molar-refractivity contribution in [2.45, 2.75) is 326 Å². The summed E-state index contributed by atoms with van der Waals surface area (Å²) >= 11 is 0. The van der Waals surface area contributed by atoms with Crippen molar-refractivity contribution in [3.8, 4) is 0 Å². The smallest absolute Gasteiger partial charge is 0.305 e. The lowest BCUT2D eigenvalue weighted by Gasteiger charge is -2.40. The van der Waals surface area contributed by atoms with Crippen molar-refractivity contribution in [3.63, 3.8) is 0 Å². The molecular formula is C64H117NO10. The first-order valence-corrected chi connectivity index (χ1v) is 31.4. The van der Waals surface area contributed by atoms with Crippen LogP contribution in [0.2, 0.25) is 0 Å². The van der Waals surface area contributed by atoms with Gasteiger partial charge in [0.15, 0.2) is 6.29 Å². The lowest BCUT2D eigenvalue weighted by Crippen LogP contribution is -2.60. The molecule has 7 unspecified atom stereocenters. The molecular weight excluding hydrogens is 943 g/mol. The Morgan fingerprint density at radius 3 is 1.43 bits per heavy atom. The van der Waals surface area contributed by atoms with Crippen LogP contribution >= 0.6 is 0 Å². The first kappa shape index (κ1) is 70.6. The number of aliphatic hydroxyl groups is 5. The highest BCUT2D eigenvalue weighted by molar-refractivity contribution is 5.76. The second-order valence-electron chi connectivity index (χ2n) is 21.8. The topological polar surface area (TPSA) is 175 Å². The number of aliphatic hydroxyl groups excluding tert-OH is 5. The zero-order valence-electron chi connectivity index (χ0n) is 48.3. The SMILES string of the molecule is CCCCC/C=C/CC/C=C/C(O)C(COC1OC(CO)C(O)C(O)C1O)NC(=O)CCCCCCCCCCC/C=C\C/C=C\CCCCCCCCCCCOC(=O)CCCCCCCCCCCCCCC. The van der Waals surface area contributed by atoms with Crippen molar-refractivity contribution in [2.75, 3.05) is 19.8 Å². The van der Waals surface area contributed by atoms with E-state index in [-0.39, 0.29) is 18.5 Å². The van der Waals surface area contributed by atoms with Crippen molar-refractivity contribution >= 4 is 11.9 Å². The molecule has 6 N–H and O–H groups in total. The zero-order chi connectivity index (χ0) is 54.5. The Bertz CT molecular complexity index is 1390. The van der Waals surface area contributed by atoms with Crippen LogP contribution in [0.1, 0.15) is 284 Å². The van der Waals surface area contributed by atoms with Gasteiger partial charge in [-0.2, -0.15) is 0 Å². The minimum absolute atomic E-state index is 0.000863. The molecule has 0 spiro atoms. The van der Waals surface area contributed by atoms with Crippen LogP contribution in [-0.2, 0) is 23.8 Å². The van der Waals surface area contributed by atoms with E-state index in [1.807, 2.05) is 6.08 Å². The Balaban J connectivity index is 2.00. The Morgan fingerprint density at radius 2 is 0.907 bits per heavy atom. The van der Waals surface area contributed by atoms with Crippen LogP contribution in [0, 0.1) is 0 Å². The molecule has 0 aromatic rings. The summed E-state index contributed by atoms with van der Waals surface area (Å²) in [4.78, 5) is 25.0. The van der Waals surface area contributed by atoms with E-state index >= 15 is 0 Å². The molecule has 7 atom stereocenters. The highest BCUT2D eigenvalue weighted by Crippen LogP contribution is 2.23. The largest absolute Gasteiger partial charge is 0.466 e. The average Bonchev–Trinajstić information content (AvgIpc) is 3.41. The number of carbonyl (C=O) groups is 2. The molecule has 1 fully saturated rings. The van der Waals surface area contributed by atoms with Crippen LogP contribution < -0.4 is 5.32 Å². The summed E-state index contributed by atoms with van der Waals surface area (Å²) in [6, 6.07) is -0.831. The van der Waals surface area contributed by atoms with E-state index in [1.54, 1.807) is 6.08 Å². The number of carbonyl (C=O) groups excluding carboxylic acids is 2. The third kappa shape index (κ3) is 43.2. The summed E-state index contributed by atoms with van der Waals surface area (Å²) in [5, 5.41) is 54.2. The van der Waals surface area contributed by atoms with Crippen LogP contribution in [0.4, 0.5) is 0 Å². The summed E-state index contributed by atoms with van der Waals surface area (Å²) in [7, 11) is 0. The minimum Gasteiger partial charge on any atom is -0.466 e. The van der Waals surface area contributed by atoms with Gasteiger partial charge >= 0.3 is 5.97 Å². The Hall–Kier alpha value is -2.38. The monoisotopic (exact) mass is 1060 g/mol. The summed E-state index contributed by atoms with van der Waals surface area (Å²) < 4.78 is 16.7. The van der Waals surface area contributed by atoms with E-state index in [0.717, 1.165) is 83.5 Å². The molecule has 0 aromatic carbocycles. The van der Waals surface area contributed by atoms with E-state index in [1.165, 1.54) is 173 Å². The Labute approximate surface area is 459 Å². The molecule has 0 bridgehead atoms. The summed E-state index contributed by atoms with van der Waals surface area (Å²) in [5.74, 6) is -0.202. The summed E-state index contributed by atoms with van der Waals surface area (Å²) in [6.45, 7) is 4.27. The second kappa shape index (κ2) is 53.6. The molecule has 11 nitrogen and oxygen atoms in total. The van der Waals surface area contributed by atoms with Crippen LogP contribution in [0.3, 0.4) is 0 Å². The molecule has 1 amide bonds. The lowest BCUT2D eigenvalue weighted by molar-refractivity contribution is -0.302. The molecule has 438 valence electrons. The third-order valence-electron chi connectivity index (χ3n) is 14.7. The van der Waals surface area contributed by atoms with E-state index in [4.69, 9.17) is 14.2 Å². The summed E-state index contributed by atoms with van der Waals surface area (Å²) in [6.07, 6.45) is 58.1. The maximum atomic E-state index is 13.0. The molecule has 0 aliphatic carbocycles. The maximum Gasteiger partial charge on any atom is 0.305 e. The molecule has 0 saturated carbocycles. The number of hydrogen-bond acceptors (Lipinski definition) is 10. The maximum absolute atomic E-state index is 13.0. The van der Waals surface area contributed by atoms with Crippen LogP contribution in [0.5, 0.6) is 0 Å². The van der Waals surface area contributed by atoms with Gasteiger partial charge in [0, 0.05) is 12.8 Å². The molecule has 0 aromatic heterocycles. The van der Waals surface area contributed by atoms with Gasteiger partial charge in [-0.05, 0) is 77.0 Å². The highest BCUT2D eigenvalue weighted by Gasteiger charge is 2.44. The minimum atomic E-state index is -1.58. The van der Waals surface area contributed by atoms with E-state index in [9.17, 15) is 35.1 Å². The Morgan fingerprint density at radius 1 is 0.493 bits per heavy atom. The molecule has 1 aliphatic heterocycles. The van der Waals surface area contributed by atoms with Gasteiger partial charge in [0.2, 0.25) is 5.91 Å². The number of amides is 1. The van der Waals surface area contributed by atoms with E-state index < -0.39 is 49.5 Å². The first-order chi connectivity index (χ1) is 36.7. The number of unbranched alkanes of at least 4 members (excludes halogenated alkanes) is 34. The predicted molar refractivity (Wildman–Crippen MR) is 310 cm³/mol. The Kier molecular flexibility index (Phi) is 50.5. The first-order valence-electron chi connectivity index (χ1n) is 31.4. The van der Waals surface area contributed by atoms with Crippen molar-refractivity contribution in [3.05, 3.63) is 48.6 Å². The molecule has 75 heavy (non-hydrogen) atoms. The molecule has 0 radical (unpaired) electrons. The van der Waals surface area contributed by atoms with Crippen molar-refractivity contribution in [1.29, 1.82) is 0 Å². The molecule has 11 heteroatoms. The van der Waals surface area contributed by atoms with Gasteiger partial charge < -0.3 is 45.1 Å². The van der Waals surface area contributed by atoms with Gasteiger partial charge in [0.1, 0.15) is 24.4 Å². The zero-order valence-corrected chi connectivity index (χ0v) is 48.3. The quantitative estimate of drug-likeness (QED) is 0.0195. The normalized spacial score (nSPS) is 19.1. The van der Waals surface area contributed by atoms with Crippen LogP contribution in [0.15, 0.2) is 48.6 Å².